The summed E-state index contributed by atoms with van der Waals surface area (Å²) in [6.45, 7) is 4.63. The second-order valence-corrected chi connectivity index (χ2v) is 5.27. The van der Waals surface area contributed by atoms with Crippen molar-refractivity contribution in [2.75, 3.05) is 0 Å². The van der Waals surface area contributed by atoms with Crippen molar-refractivity contribution < 1.29 is 0 Å². The standard InChI is InChI=1S/C17H17N3O2/c1-3-19-14-5-4-10-18-15(14)16(21)20(17(19)22)11-13-8-6-12(2)7-9-13/h4-10H,3,11H2,1-2H3. The van der Waals surface area contributed by atoms with Crippen molar-refractivity contribution >= 4 is 11.0 Å². The Morgan fingerprint density at radius 3 is 2.45 bits per heavy atom. The molecule has 0 aliphatic heterocycles. The largest absolute Gasteiger partial charge is 0.331 e. The number of fused-ring (bicyclic) bond motifs is 1. The highest BCUT2D eigenvalue weighted by atomic mass is 16.2. The average molecular weight is 295 g/mol. The van der Waals surface area contributed by atoms with Crippen molar-refractivity contribution in [3.8, 4) is 0 Å². The lowest BCUT2D eigenvalue weighted by atomic mass is 10.1. The lowest BCUT2D eigenvalue weighted by Crippen LogP contribution is -2.40. The second kappa shape index (κ2) is 5.60. The zero-order chi connectivity index (χ0) is 15.7. The summed E-state index contributed by atoms with van der Waals surface area (Å²) in [6.07, 6.45) is 1.57. The fourth-order valence-electron chi connectivity index (χ4n) is 2.56. The van der Waals surface area contributed by atoms with Gasteiger partial charge in [-0.25, -0.2) is 9.78 Å². The Morgan fingerprint density at radius 1 is 1.05 bits per heavy atom. The molecule has 3 rings (SSSR count). The molecule has 0 unspecified atom stereocenters. The molecule has 0 radical (unpaired) electrons. The van der Waals surface area contributed by atoms with Crippen molar-refractivity contribution in [1.29, 1.82) is 0 Å². The van der Waals surface area contributed by atoms with E-state index in [4.69, 9.17) is 0 Å². The van der Waals surface area contributed by atoms with Gasteiger partial charge in [0.15, 0.2) is 5.52 Å². The van der Waals surface area contributed by atoms with Crippen molar-refractivity contribution in [1.82, 2.24) is 14.1 Å². The summed E-state index contributed by atoms with van der Waals surface area (Å²) in [5.41, 5.74) is 2.33. The molecule has 5 heteroatoms. The maximum Gasteiger partial charge on any atom is 0.331 e. The predicted molar refractivity (Wildman–Crippen MR) is 86.2 cm³/mol. The minimum atomic E-state index is -0.342. The first-order chi connectivity index (χ1) is 10.6. The highest BCUT2D eigenvalue weighted by molar-refractivity contribution is 5.73. The molecule has 0 atom stereocenters. The van der Waals surface area contributed by atoms with Gasteiger partial charge in [-0.3, -0.25) is 13.9 Å². The van der Waals surface area contributed by atoms with Crippen LogP contribution in [0.3, 0.4) is 0 Å². The second-order valence-electron chi connectivity index (χ2n) is 5.27. The molecule has 22 heavy (non-hydrogen) atoms. The molecule has 0 aliphatic carbocycles. The zero-order valence-electron chi connectivity index (χ0n) is 12.6. The molecular formula is C17H17N3O2. The quantitative estimate of drug-likeness (QED) is 0.742. The first-order valence-corrected chi connectivity index (χ1v) is 7.25. The molecular weight excluding hydrogens is 278 g/mol. The molecule has 1 aromatic carbocycles. The molecule has 3 aromatic rings. The van der Waals surface area contributed by atoms with Crippen molar-refractivity contribution in [2.45, 2.75) is 26.9 Å². The van der Waals surface area contributed by atoms with Gasteiger partial charge in [0, 0.05) is 12.7 Å². The fraction of sp³-hybridized carbons (Fsp3) is 0.235. The minimum Gasteiger partial charge on any atom is -0.292 e. The van der Waals surface area contributed by atoms with Gasteiger partial charge in [0.25, 0.3) is 5.56 Å². The summed E-state index contributed by atoms with van der Waals surface area (Å²) < 4.78 is 2.83. The van der Waals surface area contributed by atoms with E-state index in [1.807, 2.05) is 38.1 Å². The van der Waals surface area contributed by atoms with E-state index in [-0.39, 0.29) is 17.8 Å². The van der Waals surface area contributed by atoms with E-state index in [0.717, 1.165) is 11.1 Å². The van der Waals surface area contributed by atoms with Crippen LogP contribution in [0.25, 0.3) is 11.0 Å². The van der Waals surface area contributed by atoms with Crippen LogP contribution in [-0.4, -0.2) is 14.1 Å². The van der Waals surface area contributed by atoms with Gasteiger partial charge in [0.2, 0.25) is 0 Å². The van der Waals surface area contributed by atoms with Crippen LogP contribution in [-0.2, 0) is 13.1 Å². The third-order valence-corrected chi connectivity index (χ3v) is 3.76. The van der Waals surface area contributed by atoms with Gasteiger partial charge < -0.3 is 0 Å². The van der Waals surface area contributed by atoms with Crippen LogP contribution in [0, 0.1) is 6.92 Å². The molecule has 0 saturated heterocycles. The Labute approximate surface area is 127 Å². The topological polar surface area (TPSA) is 56.9 Å². The normalized spacial score (nSPS) is 11.0. The number of aromatic nitrogens is 3. The molecule has 0 bridgehead atoms. The summed E-state index contributed by atoms with van der Waals surface area (Å²) in [6, 6.07) is 11.3. The third kappa shape index (κ3) is 2.35. The summed E-state index contributed by atoms with van der Waals surface area (Å²) >= 11 is 0. The molecule has 112 valence electrons. The summed E-state index contributed by atoms with van der Waals surface area (Å²) in [4.78, 5) is 29.3. The highest BCUT2D eigenvalue weighted by Crippen LogP contribution is 2.07. The van der Waals surface area contributed by atoms with Crippen LogP contribution in [0.4, 0.5) is 0 Å². The lowest BCUT2D eigenvalue weighted by Gasteiger charge is -2.12. The van der Waals surface area contributed by atoms with Crippen LogP contribution in [0.5, 0.6) is 0 Å². The van der Waals surface area contributed by atoms with Crippen molar-refractivity contribution in [2.24, 2.45) is 0 Å². The maximum atomic E-state index is 12.6. The Hall–Kier alpha value is -2.69. The molecule has 0 fully saturated rings. The van der Waals surface area contributed by atoms with E-state index in [1.165, 1.54) is 4.57 Å². The van der Waals surface area contributed by atoms with Gasteiger partial charge in [0.05, 0.1) is 12.1 Å². The molecule has 0 saturated carbocycles. The minimum absolute atomic E-state index is 0.254. The van der Waals surface area contributed by atoms with Crippen molar-refractivity contribution in [3.63, 3.8) is 0 Å². The van der Waals surface area contributed by atoms with Gasteiger partial charge in [-0.15, -0.1) is 0 Å². The van der Waals surface area contributed by atoms with E-state index in [9.17, 15) is 9.59 Å². The van der Waals surface area contributed by atoms with Gasteiger partial charge in [0.1, 0.15) is 0 Å². The molecule has 2 heterocycles. The number of hydrogen-bond acceptors (Lipinski definition) is 3. The molecule has 0 spiro atoms. The van der Waals surface area contributed by atoms with Gasteiger partial charge in [-0.05, 0) is 31.5 Å². The Balaban J connectivity index is 2.23. The summed E-state index contributed by atoms with van der Waals surface area (Å²) in [5, 5.41) is 0. The smallest absolute Gasteiger partial charge is 0.292 e. The SMILES string of the molecule is CCn1c(=O)n(Cc2ccc(C)cc2)c(=O)c2ncccc21. The monoisotopic (exact) mass is 295 g/mol. The molecule has 5 nitrogen and oxygen atoms in total. The Kier molecular flexibility index (Phi) is 3.63. The van der Waals surface area contributed by atoms with Gasteiger partial charge in [-0.2, -0.15) is 0 Å². The Bertz CT molecular complexity index is 937. The first kappa shape index (κ1) is 14.3. The van der Waals surface area contributed by atoms with Crippen molar-refractivity contribution in [3.05, 3.63) is 74.6 Å². The maximum absolute atomic E-state index is 12.6. The first-order valence-electron chi connectivity index (χ1n) is 7.25. The lowest BCUT2D eigenvalue weighted by molar-refractivity contribution is 0.621. The summed E-state index contributed by atoms with van der Waals surface area (Å²) in [5.74, 6) is 0. The van der Waals surface area contributed by atoms with Gasteiger partial charge in [-0.1, -0.05) is 29.8 Å². The van der Waals surface area contributed by atoms with E-state index < -0.39 is 0 Å². The van der Waals surface area contributed by atoms with E-state index in [1.54, 1.807) is 22.9 Å². The van der Waals surface area contributed by atoms with Crippen LogP contribution in [0.1, 0.15) is 18.1 Å². The van der Waals surface area contributed by atoms with Crippen LogP contribution < -0.4 is 11.2 Å². The number of aryl methyl sites for hydroxylation is 2. The fourth-order valence-corrected chi connectivity index (χ4v) is 2.56. The van der Waals surface area contributed by atoms with E-state index >= 15 is 0 Å². The van der Waals surface area contributed by atoms with Gasteiger partial charge >= 0.3 is 5.69 Å². The number of benzene rings is 1. The van der Waals surface area contributed by atoms with Crippen LogP contribution >= 0.6 is 0 Å². The number of rotatable bonds is 3. The number of nitrogens with zero attached hydrogens (tertiary/aromatic N) is 3. The van der Waals surface area contributed by atoms with E-state index in [0.29, 0.717) is 17.6 Å². The summed E-state index contributed by atoms with van der Waals surface area (Å²) in [7, 11) is 0. The molecule has 0 amide bonds. The Morgan fingerprint density at radius 2 is 1.77 bits per heavy atom. The highest BCUT2D eigenvalue weighted by Gasteiger charge is 2.13. The zero-order valence-corrected chi connectivity index (χ0v) is 12.6. The molecule has 0 aliphatic rings. The predicted octanol–water partition coefficient (Wildman–Crippen LogP) is 1.93. The third-order valence-electron chi connectivity index (χ3n) is 3.76. The molecule has 0 N–H and O–H groups in total. The number of pyridine rings is 1. The molecule has 2 aromatic heterocycles. The number of hydrogen-bond donors (Lipinski definition) is 0. The van der Waals surface area contributed by atoms with Crippen LogP contribution in [0.2, 0.25) is 0 Å². The van der Waals surface area contributed by atoms with E-state index in [2.05, 4.69) is 4.98 Å². The average Bonchev–Trinajstić information content (AvgIpc) is 2.54. The van der Waals surface area contributed by atoms with Crippen LogP contribution in [0.15, 0.2) is 52.2 Å².